The van der Waals surface area contributed by atoms with E-state index in [1.54, 1.807) is 11.8 Å². The lowest BCUT2D eigenvalue weighted by Gasteiger charge is -2.26. The van der Waals surface area contributed by atoms with Gasteiger partial charge in [0.15, 0.2) is 0 Å². The Balaban J connectivity index is 2.25. The van der Waals surface area contributed by atoms with Gasteiger partial charge in [-0.05, 0) is 18.6 Å². The summed E-state index contributed by atoms with van der Waals surface area (Å²) in [7, 11) is 0. The summed E-state index contributed by atoms with van der Waals surface area (Å²) < 4.78 is 5.12. The first-order valence-corrected chi connectivity index (χ1v) is 5.43. The number of nitriles is 1. The fourth-order valence-electron chi connectivity index (χ4n) is 1.35. The van der Waals surface area contributed by atoms with Crippen molar-refractivity contribution in [2.24, 2.45) is 0 Å². The molecule has 0 aliphatic carbocycles. The molecular weight excluding hydrogens is 194 g/mol. The molecule has 1 aliphatic heterocycles. The summed E-state index contributed by atoms with van der Waals surface area (Å²) in [5, 5.41) is 9.48. The van der Waals surface area contributed by atoms with Crippen molar-refractivity contribution in [3.63, 3.8) is 0 Å². The number of benzene rings is 1. The number of rotatable bonds is 2. The number of thioether (sulfide) groups is 1. The lowest BCUT2D eigenvalue weighted by molar-refractivity contribution is 0.0455. The lowest BCUT2D eigenvalue weighted by atomic mass is 10.1. The van der Waals surface area contributed by atoms with E-state index >= 15 is 0 Å². The van der Waals surface area contributed by atoms with Crippen LogP contribution >= 0.6 is 11.8 Å². The molecule has 1 fully saturated rings. The van der Waals surface area contributed by atoms with Crippen LogP contribution in [0.25, 0.3) is 0 Å². The Morgan fingerprint density at radius 1 is 1.50 bits per heavy atom. The highest BCUT2D eigenvalue weighted by Crippen LogP contribution is 2.32. The van der Waals surface area contributed by atoms with E-state index in [2.05, 4.69) is 6.07 Å². The minimum atomic E-state index is 0.531. The average molecular weight is 205 g/mol. The first-order chi connectivity index (χ1) is 6.81. The maximum Gasteiger partial charge on any atom is 0.100 e. The summed E-state index contributed by atoms with van der Waals surface area (Å²) in [4.78, 5) is 1.11. The van der Waals surface area contributed by atoms with Gasteiger partial charge in [-0.2, -0.15) is 5.26 Å². The van der Waals surface area contributed by atoms with Crippen LogP contribution in [-0.4, -0.2) is 18.5 Å². The second-order valence-electron chi connectivity index (χ2n) is 3.34. The minimum absolute atomic E-state index is 0.531. The standard InChI is InChI=1S/C11H11NOS/c1-8-3-2-4-9(5-12)11(8)14-10-6-13-7-10/h2-4,10H,6-7H2,1H3. The summed E-state index contributed by atoms with van der Waals surface area (Å²) in [6, 6.07) is 8.07. The molecule has 1 aliphatic rings. The van der Waals surface area contributed by atoms with Crippen molar-refractivity contribution in [2.45, 2.75) is 17.1 Å². The van der Waals surface area contributed by atoms with Gasteiger partial charge in [0.1, 0.15) is 6.07 Å². The van der Waals surface area contributed by atoms with E-state index in [9.17, 15) is 0 Å². The van der Waals surface area contributed by atoms with Gasteiger partial charge in [0.05, 0.1) is 24.0 Å². The fourth-order valence-corrected chi connectivity index (χ4v) is 2.50. The zero-order valence-electron chi connectivity index (χ0n) is 7.99. The molecule has 1 aromatic rings. The Labute approximate surface area is 87.9 Å². The van der Waals surface area contributed by atoms with Gasteiger partial charge in [0, 0.05) is 4.90 Å². The topological polar surface area (TPSA) is 33.0 Å². The molecule has 1 saturated heterocycles. The number of hydrogen-bond donors (Lipinski definition) is 0. The van der Waals surface area contributed by atoms with E-state index < -0.39 is 0 Å². The monoisotopic (exact) mass is 205 g/mol. The van der Waals surface area contributed by atoms with Crippen molar-refractivity contribution in [3.05, 3.63) is 29.3 Å². The molecule has 0 amide bonds. The zero-order chi connectivity index (χ0) is 9.97. The first-order valence-electron chi connectivity index (χ1n) is 4.55. The average Bonchev–Trinajstić information content (AvgIpc) is 2.12. The third kappa shape index (κ3) is 1.77. The van der Waals surface area contributed by atoms with Gasteiger partial charge < -0.3 is 4.74 Å². The number of aryl methyl sites for hydroxylation is 1. The Hall–Kier alpha value is -0.980. The van der Waals surface area contributed by atoms with E-state index in [0.29, 0.717) is 5.25 Å². The van der Waals surface area contributed by atoms with Gasteiger partial charge in [-0.1, -0.05) is 12.1 Å². The molecule has 0 N–H and O–H groups in total. The van der Waals surface area contributed by atoms with Crippen molar-refractivity contribution in [2.75, 3.05) is 13.2 Å². The number of ether oxygens (including phenoxy) is 1. The van der Waals surface area contributed by atoms with E-state index in [1.165, 1.54) is 5.56 Å². The van der Waals surface area contributed by atoms with Crippen LogP contribution in [0.1, 0.15) is 11.1 Å². The highest BCUT2D eigenvalue weighted by molar-refractivity contribution is 8.00. The van der Waals surface area contributed by atoms with Gasteiger partial charge in [0.25, 0.3) is 0 Å². The van der Waals surface area contributed by atoms with Gasteiger partial charge in [-0.15, -0.1) is 11.8 Å². The molecule has 0 bridgehead atoms. The minimum Gasteiger partial charge on any atom is -0.379 e. The second kappa shape index (κ2) is 4.04. The quantitative estimate of drug-likeness (QED) is 0.743. The summed E-state index contributed by atoms with van der Waals surface area (Å²) in [6.07, 6.45) is 0. The van der Waals surface area contributed by atoms with Crippen molar-refractivity contribution in [1.82, 2.24) is 0 Å². The number of hydrogen-bond acceptors (Lipinski definition) is 3. The van der Waals surface area contributed by atoms with Crippen LogP contribution in [0.15, 0.2) is 23.1 Å². The van der Waals surface area contributed by atoms with Gasteiger partial charge >= 0.3 is 0 Å². The molecule has 3 heteroatoms. The Kier molecular flexibility index (Phi) is 2.76. The molecule has 0 unspecified atom stereocenters. The van der Waals surface area contributed by atoms with E-state index in [-0.39, 0.29) is 0 Å². The molecule has 2 rings (SSSR count). The van der Waals surface area contributed by atoms with Crippen molar-refractivity contribution < 1.29 is 4.74 Å². The molecule has 2 nitrogen and oxygen atoms in total. The van der Waals surface area contributed by atoms with Crippen LogP contribution in [0.2, 0.25) is 0 Å². The van der Waals surface area contributed by atoms with Crippen molar-refractivity contribution in [3.8, 4) is 6.07 Å². The maximum absolute atomic E-state index is 8.95. The molecule has 0 saturated carbocycles. The van der Waals surface area contributed by atoms with E-state index in [4.69, 9.17) is 10.00 Å². The van der Waals surface area contributed by atoms with Crippen LogP contribution in [0.5, 0.6) is 0 Å². The highest BCUT2D eigenvalue weighted by Gasteiger charge is 2.21. The van der Waals surface area contributed by atoms with Crippen LogP contribution in [-0.2, 0) is 4.74 Å². The molecule has 1 aromatic carbocycles. The van der Waals surface area contributed by atoms with Crippen LogP contribution in [0.4, 0.5) is 0 Å². The first kappa shape index (κ1) is 9.57. The lowest BCUT2D eigenvalue weighted by Crippen LogP contribution is -2.30. The molecule has 0 atom stereocenters. The second-order valence-corrected chi connectivity index (χ2v) is 4.65. The third-order valence-corrected chi connectivity index (χ3v) is 3.61. The molecule has 14 heavy (non-hydrogen) atoms. The Bertz CT molecular complexity index is 379. The SMILES string of the molecule is Cc1cccc(C#N)c1SC1COC1. The highest BCUT2D eigenvalue weighted by atomic mass is 32.2. The van der Waals surface area contributed by atoms with Gasteiger partial charge in [-0.3, -0.25) is 0 Å². The number of nitrogens with zero attached hydrogens (tertiary/aromatic N) is 1. The van der Waals surface area contributed by atoms with Crippen molar-refractivity contribution >= 4 is 11.8 Å². The summed E-state index contributed by atoms with van der Waals surface area (Å²) in [5.74, 6) is 0. The molecule has 1 heterocycles. The zero-order valence-corrected chi connectivity index (χ0v) is 8.80. The summed E-state index contributed by atoms with van der Waals surface area (Å²) >= 11 is 1.76. The molecule has 72 valence electrons. The van der Waals surface area contributed by atoms with Crippen LogP contribution in [0, 0.1) is 18.3 Å². The molecule has 0 spiro atoms. The van der Waals surface area contributed by atoms with Gasteiger partial charge in [-0.25, -0.2) is 0 Å². The van der Waals surface area contributed by atoms with Crippen LogP contribution in [0.3, 0.4) is 0 Å². The normalized spacial score (nSPS) is 16.0. The molecule has 0 aromatic heterocycles. The predicted octanol–water partition coefficient (Wildman–Crippen LogP) is 2.36. The fraction of sp³-hybridized carbons (Fsp3) is 0.364. The third-order valence-electron chi connectivity index (χ3n) is 2.22. The molecular formula is C11H11NOS. The Morgan fingerprint density at radius 3 is 2.86 bits per heavy atom. The molecule has 0 radical (unpaired) electrons. The van der Waals surface area contributed by atoms with Gasteiger partial charge in [0.2, 0.25) is 0 Å². The maximum atomic E-state index is 8.95. The van der Waals surface area contributed by atoms with Crippen molar-refractivity contribution in [1.29, 1.82) is 5.26 Å². The van der Waals surface area contributed by atoms with Crippen LogP contribution < -0.4 is 0 Å². The van der Waals surface area contributed by atoms with E-state index in [1.807, 2.05) is 25.1 Å². The largest absolute Gasteiger partial charge is 0.379 e. The predicted molar refractivity (Wildman–Crippen MR) is 56.4 cm³/mol. The van der Waals surface area contributed by atoms with E-state index in [0.717, 1.165) is 23.7 Å². The smallest absolute Gasteiger partial charge is 0.100 e. The summed E-state index contributed by atoms with van der Waals surface area (Å²) in [6.45, 7) is 3.66. The summed E-state index contributed by atoms with van der Waals surface area (Å²) in [5.41, 5.74) is 1.96. The Morgan fingerprint density at radius 2 is 2.29 bits per heavy atom.